The number of aliphatic hydroxyl groups excluding tert-OH is 1. The fraction of sp³-hybridized carbons (Fsp3) is 0.267. The molecule has 0 fully saturated rings. The quantitative estimate of drug-likeness (QED) is 0.819. The number of amides is 2. The van der Waals surface area contributed by atoms with Crippen LogP contribution in [0.5, 0.6) is 0 Å². The van der Waals surface area contributed by atoms with Crippen molar-refractivity contribution in [1.29, 1.82) is 0 Å². The third-order valence-corrected chi connectivity index (χ3v) is 4.20. The van der Waals surface area contributed by atoms with E-state index in [0.717, 1.165) is 4.90 Å². The summed E-state index contributed by atoms with van der Waals surface area (Å²) in [5.41, 5.74) is 0.580. The van der Waals surface area contributed by atoms with E-state index in [1.165, 1.54) is 11.9 Å². The van der Waals surface area contributed by atoms with Gasteiger partial charge in [-0.2, -0.15) is 0 Å². The van der Waals surface area contributed by atoms with Crippen molar-refractivity contribution in [1.82, 2.24) is 9.80 Å². The lowest BCUT2D eigenvalue weighted by atomic mass is 10.2. The maximum atomic E-state index is 12.4. The van der Waals surface area contributed by atoms with E-state index in [0.29, 0.717) is 15.6 Å². The highest BCUT2D eigenvalue weighted by molar-refractivity contribution is 6.42. The predicted molar refractivity (Wildman–Crippen MR) is 86.8 cm³/mol. The minimum atomic E-state index is -1.23. The third kappa shape index (κ3) is 3.80. The van der Waals surface area contributed by atoms with Crippen LogP contribution in [0.1, 0.15) is 5.56 Å². The first-order valence-corrected chi connectivity index (χ1v) is 7.59. The number of halogens is 2. The molecule has 1 aromatic rings. The van der Waals surface area contributed by atoms with Gasteiger partial charge in [0.25, 0.3) is 11.8 Å². The summed E-state index contributed by atoms with van der Waals surface area (Å²) < 4.78 is 0. The molecule has 0 atom stereocenters. The van der Waals surface area contributed by atoms with E-state index in [1.54, 1.807) is 18.2 Å². The molecule has 2 rings (SSSR count). The summed E-state index contributed by atoms with van der Waals surface area (Å²) >= 11 is 11.8. The van der Waals surface area contributed by atoms with E-state index in [2.05, 4.69) is 0 Å². The van der Waals surface area contributed by atoms with Gasteiger partial charge in [-0.1, -0.05) is 29.3 Å². The van der Waals surface area contributed by atoms with E-state index < -0.39 is 30.1 Å². The van der Waals surface area contributed by atoms with Crippen LogP contribution in [0.2, 0.25) is 10.0 Å². The molecule has 24 heavy (non-hydrogen) atoms. The van der Waals surface area contributed by atoms with E-state index in [-0.39, 0.29) is 18.7 Å². The van der Waals surface area contributed by atoms with Gasteiger partial charge in [-0.15, -0.1) is 0 Å². The Morgan fingerprint density at radius 2 is 1.96 bits per heavy atom. The van der Waals surface area contributed by atoms with Crippen LogP contribution in [-0.4, -0.2) is 57.9 Å². The molecule has 0 saturated heterocycles. The first kappa shape index (κ1) is 18.1. The summed E-state index contributed by atoms with van der Waals surface area (Å²) in [7, 11) is 1.50. The molecule has 0 saturated carbocycles. The Labute approximate surface area is 147 Å². The highest BCUT2D eigenvalue weighted by Crippen LogP contribution is 2.24. The number of carboxylic acids is 1. The van der Waals surface area contributed by atoms with Crippen molar-refractivity contribution in [2.24, 2.45) is 0 Å². The lowest BCUT2D eigenvalue weighted by molar-refractivity contribution is -0.142. The number of carboxylic acid groups (broad SMARTS) is 1. The van der Waals surface area contributed by atoms with Crippen molar-refractivity contribution in [2.45, 2.75) is 6.54 Å². The van der Waals surface area contributed by atoms with E-state index in [9.17, 15) is 19.5 Å². The number of rotatable bonds is 5. The fourth-order valence-electron chi connectivity index (χ4n) is 2.29. The lowest BCUT2D eigenvalue weighted by Gasteiger charge is -2.19. The van der Waals surface area contributed by atoms with Gasteiger partial charge in [-0.25, -0.2) is 0 Å². The van der Waals surface area contributed by atoms with Crippen LogP contribution in [0.4, 0.5) is 0 Å². The Morgan fingerprint density at radius 1 is 1.29 bits per heavy atom. The van der Waals surface area contributed by atoms with Crippen molar-refractivity contribution in [2.75, 3.05) is 20.1 Å². The van der Waals surface area contributed by atoms with Crippen LogP contribution in [0.15, 0.2) is 29.5 Å². The van der Waals surface area contributed by atoms with Crippen LogP contribution in [0.25, 0.3) is 0 Å². The van der Waals surface area contributed by atoms with Gasteiger partial charge < -0.3 is 20.0 Å². The number of carbonyl (C=O) groups excluding carboxylic acids is 2. The summed E-state index contributed by atoms with van der Waals surface area (Å²) in [6.45, 7) is -0.655. The Morgan fingerprint density at radius 3 is 2.54 bits per heavy atom. The molecular weight excluding hydrogens is 359 g/mol. The van der Waals surface area contributed by atoms with Crippen LogP contribution < -0.4 is 0 Å². The average Bonchev–Trinajstić information content (AvgIpc) is 2.78. The second-order valence-corrected chi connectivity index (χ2v) is 6.11. The van der Waals surface area contributed by atoms with Gasteiger partial charge in [0.1, 0.15) is 6.54 Å². The van der Waals surface area contributed by atoms with Crippen LogP contribution in [0, 0.1) is 0 Å². The molecule has 128 valence electrons. The molecule has 2 N–H and O–H groups in total. The topological polar surface area (TPSA) is 98.2 Å². The monoisotopic (exact) mass is 372 g/mol. The van der Waals surface area contributed by atoms with Crippen molar-refractivity contribution in [3.8, 4) is 0 Å². The average molecular weight is 373 g/mol. The number of carbonyl (C=O) groups is 3. The number of benzene rings is 1. The smallest absolute Gasteiger partial charge is 0.323 e. The van der Waals surface area contributed by atoms with Crippen molar-refractivity contribution >= 4 is 41.0 Å². The van der Waals surface area contributed by atoms with E-state index in [1.807, 2.05) is 0 Å². The Hall–Kier alpha value is -2.25. The summed E-state index contributed by atoms with van der Waals surface area (Å²) in [5.74, 6) is -3.39. The molecule has 7 nitrogen and oxygen atoms in total. The van der Waals surface area contributed by atoms with Gasteiger partial charge in [0.2, 0.25) is 0 Å². The lowest BCUT2D eigenvalue weighted by Crippen LogP contribution is -2.34. The number of hydrogen-bond donors (Lipinski definition) is 2. The molecule has 0 unspecified atom stereocenters. The predicted octanol–water partition coefficient (Wildman–Crippen LogP) is 1.69. The Balaban J connectivity index is 2.11. The normalized spacial score (nSPS) is 14.3. The van der Waals surface area contributed by atoms with Gasteiger partial charge >= 0.3 is 5.97 Å². The first-order valence-electron chi connectivity index (χ1n) is 6.83. The van der Waals surface area contributed by atoms with Gasteiger partial charge in [0.05, 0.1) is 22.2 Å². The van der Waals surface area contributed by atoms with Crippen LogP contribution in [-0.2, 0) is 20.9 Å². The molecule has 0 spiro atoms. The molecule has 1 aliphatic heterocycles. The SMILES string of the molecule is CN(Cc1ccc(Cl)c(Cl)c1)C(=O)C1=C(O)C(=O)N(CC(=O)O)C1. The summed E-state index contributed by atoms with van der Waals surface area (Å²) in [6, 6.07) is 4.91. The minimum absolute atomic E-state index is 0.135. The highest BCUT2D eigenvalue weighted by atomic mass is 35.5. The molecule has 0 bridgehead atoms. The van der Waals surface area contributed by atoms with Crippen LogP contribution >= 0.6 is 23.2 Å². The summed E-state index contributed by atoms with van der Waals surface area (Å²) in [5, 5.41) is 19.3. The zero-order valence-corrected chi connectivity index (χ0v) is 14.1. The molecule has 1 heterocycles. The maximum Gasteiger partial charge on any atom is 0.323 e. The number of nitrogens with zero attached hydrogens (tertiary/aromatic N) is 2. The van der Waals surface area contributed by atoms with Crippen molar-refractivity contribution < 1.29 is 24.6 Å². The fourth-order valence-corrected chi connectivity index (χ4v) is 2.61. The molecule has 1 aliphatic rings. The van der Waals surface area contributed by atoms with Gasteiger partial charge in [-0.3, -0.25) is 14.4 Å². The van der Waals surface area contributed by atoms with E-state index in [4.69, 9.17) is 28.3 Å². The second-order valence-electron chi connectivity index (χ2n) is 5.29. The zero-order valence-electron chi connectivity index (χ0n) is 12.6. The zero-order chi connectivity index (χ0) is 18.0. The van der Waals surface area contributed by atoms with Gasteiger partial charge in [0.15, 0.2) is 5.76 Å². The molecule has 0 radical (unpaired) electrons. The molecule has 1 aromatic carbocycles. The Kier molecular flexibility index (Phi) is 5.36. The van der Waals surface area contributed by atoms with Crippen LogP contribution in [0.3, 0.4) is 0 Å². The Bertz CT molecular complexity index is 747. The maximum absolute atomic E-state index is 12.4. The number of hydrogen-bond acceptors (Lipinski definition) is 4. The molecule has 0 aromatic heterocycles. The summed E-state index contributed by atoms with van der Waals surface area (Å²) in [6.07, 6.45) is 0. The number of aliphatic hydroxyl groups is 1. The number of likely N-dealkylation sites (N-methyl/N-ethyl adjacent to an activating group) is 1. The highest BCUT2D eigenvalue weighted by Gasteiger charge is 2.36. The molecular formula is C15H14Cl2N2O5. The largest absolute Gasteiger partial charge is 0.503 e. The van der Waals surface area contributed by atoms with Crippen molar-refractivity contribution in [3.05, 3.63) is 45.1 Å². The third-order valence-electron chi connectivity index (χ3n) is 3.46. The van der Waals surface area contributed by atoms with E-state index >= 15 is 0 Å². The minimum Gasteiger partial charge on any atom is -0.503 e. The second kappa shape index (κ2) is 7.11. The van der Waals surface area contributed by atoms with Gasteiger partial charge in [0, 0.05) is 13.6 Å². The summed E-state index contributed by atoms with van der Waals surface area (Å²) in [4.78, 5) is 37.1. The van der Waals surface area contributed by atoms with Gasteiger partial charge in [-0.05, 0) is 17.7 Å². The van der Waals surface area contributed by atoms with Crippen molar-refractivity contribution in [3.63, 3.8) is 0 Å². The standard InChI is InChI=1S/C15H14Cl2N2O5/c1-18(5-8-2-3-10(16)11(17)4-8)14(23)9-6-19(7-12(20)21)15(24)13(9)22/h2-4,22H,5-7H2,1H3,(H,20,21). The number of aliphatic carboxylic acids is 1. The first-order chi connectivity index (χ1) is 11.2. The molecule has 0 aliphatic carbocycles. The molecule has 2 amide bonds. The molecule has 9 heteroatoms.